The lowest BCUT2D eigenvalue weighted by Crippen LogP contribution is -2.64. The maximum Gasteiger partial charge on any atom is 0.416 e. The molecule has 5 nitrogen and oxygen atoms in total. The van der Waals surface area contributed by atoms with Crippen molar-refractivity contribution >= 4 is 11.7 Å². The molecule has 1 fully saturated rings. The van der Waals surface area contributed by atoms with Crippen molar-refractivity contribution in [3.8, 4) is 11.1 Å². The second kappa shape index (κ2) is 7.95. The number of urea groups is 1. The van der Waals surface area contributed by atoms with Gasteiger partial charge in [0.1, 0.15) is 5.66 Å². The second-order valence-corrected chi connectivity index (χ2v) is 8.70. The van der Waals surface area contributed by atoms with E-state index in [1.54, 1.807) is 11.1 Å². The van der Waals surface area contributed by atoms with Crippen molar-refractivity contribution in [2.24, 2.45) is 0 Å². The second-order valence-electron chi connectivity index (χ2n) is 8.70. The molecule has 0 unspecified atom stereocenters. The van der Waals surface area contributed by atoms with Crippen LogP contribution < -0.4 is 15.5 Å². The molecule has 2 aliphatic heterocycles. The Bertz CT molecular complexity index is 1150. The fraction of sp³-hybridized carbons (Fsp3) is 0.320. The van der Waals surface area contributed by atoms with Gasteiger partial charge in [0, 0.05) is 38.1 Å². The first-order valence-corrected chi connectivity index (χ1v) is 11.0. The number of hydrogen-bond donors (Lipinski definition) is 2. The van der Waals surface area contributed by atoms with Gasteiger partial charge in [0.25, 0.3) is 0 Å². The number of halogens is 3. The number of carbonyl (C=O) groups is 1. The molecular weight excluding hydrogens is 429 g/mol. The predicted molar refractivity (Wildman–Crippen MR) is 122 cm³/mol. The predicted octanol–water partition coefficient (Wildman–Crippen LogP) is 4.41. The van der Waals surface area contributed by atoms with Crippen molar-refractivity contribution in [3.05, 3.63) is 77.5 Å². The van der Waals surface area contributed by atoms with Crippen molar-refractivity contribution in [2.45, 2.75) is 25.2 Å². The highest BCUT2D eigenvalue weighted by atomic mass is 19.4. The minimum Gasteiger partial charge on any atom is -0.322 e. The molecule has 0 bridgehead atoms. The van der Waals surface area contributed by atoms with Gasteiger partial charge < -0.3 is 20.4 Å². The van der Waals surface area contributed by atoms with Gasteiger partial charge in [-0.2, -0.15) is 13.2 Å². The number of benzene rings is 2. The number of anilines is 1. The van der Waals surface area contributed by atoms with Crippen molar-refractivity contribution in [1.29, 1.82) is 0 Å². The van der Waals surface area contributed by atoms with Crippen LogP contribution >= 0.6 is 0 Å². The molecule has 33 heavy (non-hydrogen) atoms. The van der Waals surface area contributed by atoms with E-state index < -0.39 is 23.4 Å². The van der Waals surface area contributed by atoms with Crippen LogP contribution in [0.1, 0.15) is 18.1 Å². The fourth-order valence-corrected chi connectivity index (χ4v) is 4.95. The summed E-state index contributed by atoms with van der Waals surface area (Å²) in [5.41, 5.74) is 2.48. The van der Waals surface area contributed by atoms with E-state index in [-0.39, 0.29) is 0 Å². The van der Waals surface area contributed by atoms with Gasteiger partial charge in [0.05, 0.1) is 5.57 Å². The number of nitrogens with one attached hydrogen (secondary N) is 2. The fourth-order valence-electron chi connectivity index (χ4n) is 4.95. The molecule has 0 saturated carbocycles. The Labute approximate surface area is 190 Å². The molecule has 5 rings (SSSR count). The monoisotopic (exact) mass is 454 g/mol. The number of hydrogen-bond acceptors (Lipinski definition) is 3. The zero-order chi connectivity index (χ0) is 23.2. The molecule has 1 atom stereocenters. The summed E-state index contributed by atoms with van der Waals surface area (Å²) in [6.07, 6.45) is 0.128. The Balaban J connectivity index is 1.51. The summed E-state index contributed by atoms with van der Waals surface area (Å²) in [5, 5.41) is 5.85. The topological polar surface area (TPSA) is 47.6 Å². The first kappa shape index (κ1) is 21.6. The maximum atomic E-state index is 14.1. The van der Waals surface area contributed by atoms with Crippen molar-refractivity contribution in [2.75, 3.05) is 31.1 Å². The number of allylic oxidation sites excluding steroid dienone is 2. The number of fused-ring (bicyclic) bond motifs is 3. The molecule has 2 N–H and O–H groups in total. The zero-order valence-corrected chi connectivity index (χ0v) is 18.2. The number of alkyl halides is 3. The highest BCUT2D eigenvalue weighted by Gasteiger charge is 2.51. The summed E-state index contributed by atoms with van der Waals surface area (Å²) in [4.78, 5) is 16.1. The molecule has 2 amide bonds. The Hall–Kier alpha value is -3.26. The van der Waals surface area contributed by atoms with Crippen LogP contribution in [0.15, 0.2) is 66.4 Å². The summed E-state index contributed by atoms with van der Waals surface area (Å²) in [5.74, 6) is 0. The van der Waals surface area contributed by atoms with E-state index in [9.17, 15) is 18.0 Å². The molecule has 0 radical (unpaired) electrons. The molecule has 2 aromatic carbocycles. The Morgan fingerprint density at radius 2 is 1.79 bits per heavy atom. The highest BCUT2D eigenvalue weighted by Crippen LogP contribution is 2.43. The summed E-state index contributed by atoms with van der Waals surface area (Å²) in [7, 11) is 0. The van der Waals surface area contributed by atoms with Gasteiger partial charge in [0.15, 0.2) is 0 Å². The minimum atomic E-state index is -4.61. The first-order chi connectivity index (χ1) is 15.8. The Morgan fingerprint density at radius 3 is 2.55 bits per heavy atom. The SMILES string of the molecule is C[C@]1(NC(=O)N2CCNCC2)C(C(F)(F)F)=CC=CN1c1ccc2c(c1)Cc1ccccc1-2. The normalized spacial score (nSPS) is 22.0. The van der Waals surface area contributed by atoms with Gasteiger partial charge in [-0.25, -0.2) is 4.79 Å². The van der Waals surface area contributed by atoms with Crippen molar-refractivity contribution in [1.82, 2.24) is 15.5 Å². The van der Waals surface area contributed by atoms with Gasteiger partial charge in [-0.3, -0.25) is 0 Å². The molecule has 2 aromatic rings. The van der Waals surface area contributed by atoms with Crippen LogP contribution in [0.5, 0.6) is 0 Å². The molecule has 1 saturated heterocycles. The lowest BCUT2D eigenvalue weighted by molar-refractivity contribution is -0.101. The number of nitrogens with zero attached hydrogens (tertiary/aromatic N) is 2. The molecule has 172 valence electrons. The third-order valence-electron chi connectivity index (χ3n) is 6.62. The average Bonchev–Trinajstić information content (AvgIpc) is 3.16. The number of piperazine rings is 1. The summed E-state index contributed by atoms with van der Waals surface area (Å²) < 4.78 is 42.3. The van der Waals surface area contributed by atoms with Crippen LogP contribution in [0.25, 0.3) is 11.1 Å². The van der Waals surface area contributed by atoms with E-state index in [1.165, 1.54) is 23.5 Å². The van der Waals surface area contributed by atoms with Gasteiger partial charge in [0.2, 0.25) is 0 Å². The van der Waals surface area contributed by atoms with Crippen LogP contribution in [0.4, 0.5) is 23.7 Å². The van der Waals surface area contributed by atoms with Gasteiger partial charge in [-0.1, -0.05) is 30.3 Å². The lowest BCUT2D eigenvalue weighted by atomic mass is 9.94. The van der Waals surface area contributed by atoms with Crippen LogP contribution in [0, 0.1) is 0 Å². The number of amides is 2. The molecule has 2 heterocycles. The van der Waals surface area contributed by atoms with Crippen molar-refractivity contribution in [3.63, 3.8) is 0 Å². The lowest BCUT2D eigenvalue weighted by Gasteiger charge is -2.46. The van der Waals surface area contributed by atoms with E-state index in [0.29, 0.717) is 31.9 Å². The Kier molecular flexibility index (Phi) is 5.20. The summed E-state index contributed by atoms with van der Waals surface area (Å²) in [6, 6.07) is 13.3. The van der Waals surface area contributed by atoms with E-state index in [1.807, 2.05) is 30.3 Å². The van der Waals surface area contributed by atoms with Gasteiger partial charge >= 0.3 is 12.2 Å². The van der Waals surface area contributed by atoms with Crippen molar-refractivity contribution < 1.29 is 18.0 Å². The summed E-state index contributed by atoms with van der Waals surface area (Å²) in [6.45, 7) is 3.53. The average molecular weight is 454 g/mol. The molecule has 3 aliphatic rings. The van der Waals surface area contributed by atoms with E-state index in [4.69, 9.17) is 0 Å². The smallest absolute Gasteiger partial charge is 0.322 e. The summed E-state index contributed by atoms with van der Waals surface area (Å²) >= 11 is 0. The van der Waals surface area contributed by atoms with Crippen LogP contribution in [0.2, 0.25) is 0 Å². The Morgan fingerprint density at radius 1 is 1.06 bits per heavy atom. The highest BCUT2D eigenvalue weighted by molar-refractivity contribution is 5.81. The zero-order valence-electron chi connectivity index (χ0n) is 18.2. The quantitative estimate of drug-likeness (QED) is 0.603. The van der Waals surface area contributed by atoms with Gasteiger partial charge in [-0.15, -0.1) is 0 Å². The third kappa shape index (κ3) is 3.78. The third-order valence-corrected chi connectivity index (χ3v) is 6.62. The molecule has 0 spiro atoms. The molecule has 1 aliphatic carbocycles. The minimum absolute atomic E-state index is 0.444. The molecular formula is C25H25F3N4O. The number of carbonyl (C=O) groups excluding carboxylic acids is 1. The van der Waals surface area contributed by atoms with Crippen LogP contribution in [-0.4, -0.2) is 48.9 Å². The molecule has 0 aromatic heterocycles. The van der Waals surface area contributed by atoms with Crippen LogP contribution in [-0.2, 0) is 6.42 Å². The largest absolute Gasteiger partial charge is 0.416 e. The first-order valence-electron chi connectivity index (χ1n) is 11.0. The standard InChI is InChI=1S/C25H25F3N4O/c1-24(30-23(33)31-13-10-29-11-14-31)22(25(26,27)28)7-4-12-32(24)19-8-9-21-18(16-19)15-17-5-2-3-6-20(17)21/h2-9,12,16,29H,10-11,13-15H2,1H3,(H,30,33)/t24-/m1/s1. The molecule has 8 heteroatoms. The van der Waals surface area contributed by atoms with Gasteiger partial charge in [-0.05, 0) is 59.9 Å². The van der Waals surface area contributed by atoms with E-state index in [0.717, 1.165) is 29.2 Å². The maximum absolute atomic E-state index is 14.1. The number of rotatable bonds is 2. The van der Waals surface area contributed by atoms with E-state index in [2.05, 4.69) is 22.8 Å². The van der Waals surface area contributed by atoms with Crippen LogP contribution in [0.3, 0.4) is 0 Å². The van der Waals surface area contributed by atoms with E-state index >= 15 is 0 Å².